The fourth-order valence-corrected chi connectivity index (χ4v) is 3.08. The lowest BCUT2D eigenvalue weighted by molar-refractivity contribution is -0.652. The second kappa shape index (κ2) is 5.24. The minimum atomic E-state index is 0.0445. The molecule has 20 heavy (non-hydrogen) atoms. The SMILES string of the molecule is N#Cc1cccc2sc[n+](CC(=O)c3ccccc3)c12. The van der Waals surface area contributed by atoms with Crippen LogP contribution >= 0.6 is 11.3 Å². The van der Waals surface area contributed by atoms with Gasteiger partial charge in [-0.1, -0.05) is 47.7 Å². The predicted octanol–water partition coefficient (Wildman–Crippen LogP) is 2.94. The van der Waals surface area contributed by atoms with E-state index in [9.17, 15) is 10.1 Å². The van der Waals surface area contributed by atoms with Crippen molar-refractivity contribution in [2.24, 2.45) is 0 Å². The summed E-state index contributed by atoms with van der Waals surface area (Å²) >= 11 is 1.54. The van der Waals surface area contributed by atoms with Gasteiger partial charge < -0.3 is 0 Å². The molecule has 0 bridgehead atoms. The van der Waals surface area contributed by atoms with Crippen LogP contribution in [0.4, 0.5) is 0 Å². The number of benzene rings is 2. The summed E-state index contributed by atoms with van der Waals surface area (Å²) in [4.78, 5) is 12.3. The van der Waals surface area contributed by atoms with Gasteiger partial charge in [-0.2, -0.15) is 9.83 Å². The standard InChI is InChI=1S/C16H11N2OS/c17-9-13-7-4-8-15-16(13)18(11-20-15)10-14(19)12-5-2-1-3-6-12/h1-8,11H,10H2/q+1. The van der Waals surface area contributed by atoms with E-state index in [1.54, 1.807) is 17.4 Å². The highest BCUT2D eigenvalue weighted by Crippen LogP contribution is 2.19. The maximum atomic E-state index is 12.3. The lowest BCUT2D eigenvalue weighted by Crippen LogP contribution is -2.36. The molecule has 0 saturated carbocycles. The van der Waals surface area contributed by atoms with Gasteiger partial charge in [0.05, 0.1) is 0 Å². The van der Waals surface area contributed by atoms with Crippen molar-refractivity contribution in [3.63, 3.8) is 0 Å². The van der Waals surface area contributed by atoms with Gasteiger partial charge in [0.25, 0.3) is 0 Å². The highest BCUT2D eigenvalue weighted by Gasteiger charge is 2.19. The third-order valence-electron chi connectivity index (χ3n) is 3.12. The summed E-state index contributed by atoms with van der Waals surface area (Å²) in [5.74, 6) is 0.0445. The maximum absolute atomic E-state index is 12.3. The molecule has 0 radical (unpaired) electrons. The van der Waals surface area contributed by atoms with Gasteiger partial charge in [0.15, 0.2) is 0 Å². The highest BCUT2D eigenvalue weighted by atomic mass is 32.1. The van der Waals surface area contributed by atoms with Crippen molar-refractivity contribution in [3.8, 4) is 6.07 Å². The van der Waals surface area contributed by atoms with Crippen LogP contribution in [0.15, 0.2) is 54.0 Å². The summed E-state index contributed by atoms with van der Waals surface area (Å²) in [7, 11) is 0. The van der Waals surface area contributed by atoms with Crippen LogP contribution in [0.3, 0.4) is 0 Å². The summed E-state index contributed by atoms with van der Waals surface area (Å²) in [6.45, 7) is 0.253. The Bertz CT molecular complexity index is 815. The minimum Gasteiger partial charge on any atom is -0.287 e. The first-order valence-electron chi connectivity index (χ1n) is 6.17. The van der Waals surface area contributed by atoms with E-state index in [0.29, 0.717) is 11.1 Å². The van der Waals surface area contributed by atoms with E-state index in [1.165, 1.54) is 0 Å². The van der Waals surface area contributed by atoms with Crippen LogP contribution in [0.2, 0.25) is 0 Å². The summed E-state index contributed by atoms with van der Waals surface area (Å²) in [5.41, 5.74) is 4.02. The molecular formula is C16H11N2OS+. The molecule has 0 amide bonds. The average Bonchev–Trinajstić information content (AvgIpc) is 2.91. The molecule has 0 fully saturated rings. The van der Waals surface area contributed by atoms with Crippen LogP contribution in [0.25, 0.3) is 10.2 Å². The van der Waals surface area contributed by atoms with Gasteiger partial charge in [0, 0.05) is 5.56 Å². The van der Waals surface area contributed by atoms with Crippen LogP contribution in [-0.2, 0) is 6.54 Å². The largest absolute Gasteiger partial charge is 0.287 e. The minimum absolute atomic E-state index is 0.0445. The lowest BCUT2D eigenvalue weighted by Gasteiger charge is -1.97. The Labute approximate surface area is 120 Å². The number of hydrogen-bond donors (Lipinski definition) is 0. The molecule has 0 aliphatic rings. The quantitative estimate of drug-likeness (QED) is 0.546. The van der Waals surface area contributed by atoms with Crippen LogP contribution < -0.4 is 4.57 Å². The predicted molar refractivity (Wildman–Crippen MR) is 77.5 cm³/mol. The van der Waals surface area contributed by atoms with Gasteiger partial charge in [0.1, 0.15) is 16.3 Å². The molecule has 0 saturated heterocycles. The van der Waals surface area contributed by atoms with E-state index >= 15 is 0 Å². The smallest absolute Gasteiger partial charge is 0.241 e. The Hall–Kier alpha value is -2.51. The van der Waals surface area contributed by atoms with E-state index in [1.807, 2.05) is 52.5 Å². The summed E-state index contributed by atoms with van der Waals surface area (Å²) in [6, 6.07) is 17.0. The van der Waals surface area contributed by atoms with Gasteiger partial charge in [-0.3, -0.25) is 4.79 Å². The number of nitrogens with zero attached hydrogens (tertiary/aromatic N) is 2. The van der Waals surface area contributed by atoms with Crippen molar-refractivity contribution in [2.75, 3.05) is 0 Å². The van der Waals surface area contributed by atoms with E-state index in [4.69, 9.17) is 0 Å². The number of thiazole rings is 1. The Morgan fingerprint density at radius 3 is 2.70 bits per heavy atom. The molecular weight excluding hydrogens is 268 g/mol. The van der Waals surface area contributed by atoms with Crippen LogP contribution in [-0.4, -0.2) is 5.78 Å². The monoisotopic (exact) mass is 279 g/mol. The Morgan fingerprint density at radius 2 is 1.95 bits per heavy atom. The molecule has 2 aromatic carbocycles. The number of rotatable bonds is 3. The second-order valence-electron chi connectivity index (χ2n) is 4.40. The molecule has 4 heteroatoms. The van der Waals surface area contributed by atoms with Gasteiger partial charge >= 0.3 is 0 Å². The van der Waals surface area contributed by atoms with E-state index in [0.717, 1.165) is 10.2 Å². The van der Waals surface area contributed by atoms with Gasteiger partial charge in [0.2, 0.25) is 23.4 Å². The van der Waals surface area contributed by atoms with Crippen molar-refractivity contribution < 1.29 is 9.36 Å². The number of para-hydroxylation sites is 1. The van der Waals surface area contributed by atoms with Gasteiger partial charge in [-0.05, 0) is 12.1 Å². The number of fused-ring (bicyclic) bond motifs is 1. The van der Waals surface area contributed by atoms with E-state index < -0.39 is 0 Å². The second-order valence-corrected chi connectivity index (χ2v) is 5.29. The van der Waals surface area contributed by atoms with E-state index in [-0.39, 0.29) is 12.3 Å². The number of aromatic nitrogens is 1. The molecule has 0 unspecified atom stereocenters. The number of nitriles is 1. The molecule has 3 rings (SSSR count). The van der Waals surface area contributed by atoms with Crippen LogP contribution in [0, 0.1) is 11.3 Å². The van der Waals surface area contributed by atoms with E-state index in [2.05, 4.69) is 6.07 Å². The van der Waals surface area contributed by atoms with Crippen molar-refractivity contribution in [2.45, 2.75) is 6.54 Å². The first-order chi connectivity index (χ1) is 9.79. The number of hydrogen-bond acceptors (Lipinski definition) is 3. The maximum Gasteiger partial charge on any atom is 0.241 e. The van der Waals surface area contributed by atoms with Crippen molar-refractivity contribution in [1.82, 2.24) is 0 Å². The zero-order chi connectivity index (χ0) is 13.9. The molecule has 0 atom stereocenters. The fraction of sp³-hybridized carbons (Fsp3) is 0.0625. The molecule has 96 valence electrons. The number of ketones is 1. The summed E-state index contributed by atoms with van der Waals surface area (Å²) < 4.78 is 2.87. The molecule has 1 aromatic heterocycles. The molecule has 0 aliphatic heterocycles. The third-order valence-corrected chi connectivity index (χ3v) is 4.07. The molecule has 0 spiro atoms. The number of carbonyl (C=O) groups is 1. The normalized spacial score (nSPS) is 10.3. The zero-order valence-corrected chi connectivity index (χ0v) is 11.4. The number of carbonyl (C=O) groups excluding carboxylic acids is 1. The summed E-state index contributed by atoms with van der Waals surface area (Å²) in [5, 5.41) is 9.19. The van der Waals surface area contributed by atoms with Crippen molar-refractivity contribution in [1.29, 1.82) is 5.26 Å². The third kappa shape index (κ3) is 2.20. The molecule has 0 N–H and O–H groups in total. The first-order valence-corrected chi connectivity index (χ1v) is 7.05. The highest BCUT2D eigenvalue weighted by molar-refractivity contribution is 7.16. The van der Waals surface area contributed by atoms with Gasteiger partial charge in [-0.15, -0.1) is 0 Å². The topological polar surface area (TPSA) is 44.7 Å². The van der Waals surface area contributed by atoms with Crippen molar-refractivity contribution >= 4 is 27.3 Å². The Morgan fingerprint density at radius 1 is 1.15 bits per heavy atom. The summed E-state index contributed by atoms with van der Waals surface area (Å²) in [6.07, 6.45) is 0. The van der Waals surface area contributed by atoms with Crippen LogP contribution in [0.5, 0.6) is 0 Å². The fourth-order valence-electron chi connectivity index (χ4n) is 2.16. The van der Waals surface area contributed by atoms with Crippen LogP contribution in [0.1, 0.15) is 15.9 Å². The van der Waals surface area contributed by atoms with Gasteiger partial charge in [-0.25, -0.2) is 0 Å². The molecule has 1 heterocycles. The van der Waals surface area contributed by atoms with Crippen molar-refractivity contribution in [3.05, 3.63) is 65.2 Å². The zero-order valence-electron chi connectivity index (χ0n) is 10.6. The average molecular weight is 279 g/mol. The Kier molecular flexibility index (Phi) is 3.28. The Balaban J connectivity index is 2.00. The first kappa shape index (κ1) is 12.5. The molecule has 3 nitrogen and oxygen atoms in total. The lowest BCUT2D eigenvalue weighted by atomic mass is 10.1. The number of Topliss-reactive ketones (excluding diaryl/α,β-unsaturated/α-hetero) is 1. The molecule has 3 aromatic rings. The molecule has 0 aliphatic carbocycles.